The molecular weight excluding hydrogens is 382 g/mol. The van der Waals surface area contributed by atoms with E-state index in [2.05, 4.69) is 71.6 Å². The quantitative estimate of drug-likeness (QED) is 0.492. The molecule has 1 aliphatic carbocycles. The Morgan fingerprint density at radius 3 is 2.35 bits per heavy atom. The lowest BCUT2D eigenvalue weighted by Crippen LogP contribution is -2.39. The minimum Gasteiger partial charge on any atom is -0.497 e. The van der Waals surface area contributed by atoms with Crippen LogP contribution in [0.5, 0.6) is 5.75 Å². The van der Waals surface area contributed by atoms with Crippen molar-refractivity contribution in [2.24, 2.45) is 5.92 Å². The number of Topliss-reactive ketones (excluding diaryl/α,β-unsaturated/α-hetero) is 1. The highest BCUT2D eigenvalue weighted by atomic mass is 16.5. The fraction of sp³-hybridized carbons (Fsp3) is 0.250. The van der Waals surface area contributed by atoms with Gasteiger partial charge in [0.2, 0.25) is 0 Å². The van der Waals surface area contributed by atoms with Crippen LogP contribution in [0.25, 0.3) is 11.8 Å². The molecule has 156 valence electrons. The number of ether oxygens (including phenoxy) is 1. The molecule has 3 aromatic carbocycles. The fourth-order valence-corrected chi connectivity index (χ4v) is 5.03. The molecule has 0 saturated heterocycles. The van der Waals surface area contributed by atoms with Gasteiger partial charge in [-0.3, -0.25) is 4.79 Å². The number of anilines is 1. The summed E-state index contributed by atoms with van der Waals surface area (Å²) in [6.45, 7) is 0. The van der Waals surface area contributed by atoms with Crippen molar-refractivity contribution >= 4 is 23.2 Å². The van der Waals surface area contributed by atoms with Gasteiger partial charge in [0.15, 0.2) is 0 Å². The van der Waals surface area contributed by atoms with Crippen molar-refractivity contribution in [3.63, 3.8) is 0 Å². The Labute approximate surface area is 184 Å². The van der Waals surface area contributed by atoms with E-state index >= 15 is 0 Å². The summed E-state index contributed by atoms with van der Waals surface area (Å²) in [5, 5.41) is 0. The molecule has 1 saturated carbocycles. The highest BCUT2D eigenvalue weighted by Crippen LogP contribution is 2.47. The predicted molar refractivity (Wildman–Crippen MR) is 126 cm³/mol. The van der Waals surface area contributed by atoms with Crippen LogP contribution in [0.4, 0.5) is 5.69 Å². The number of methoxy groups -OCH3 is 1. The zero-order valence-corrected chi connectivity index (χ0v) is 17.8. The van der Waals surface area contributed by atoms with Crippen LogP contribution in [0.15, 0.2) is 78.9 Å². The number of benzene rings is 3. The Morgan fingerprint density at radius 2 is 1.61 bits per heavy atom. The topological polar surface area (TPSA) is 29.5 Å². The van der Waals surface area contributed by atoms with Crippen LogP contribution >= 0.6 is 0 Å². The van der Waals surface area contributed by atoms with Gasteiger partial charge in [0.05, 0.1) is 13.2 Å². The third-order valence-corrected chi connectivity index (χ3v) is 6.55. The van der Waals surface area contributed by atoms with Gasteiger partial charge in [0.1, 0.15) is 11.5 Å². The summed E-state index contributed by atoms with van der Waals surface area (Å²) in [5.74, 6) is 1.21. The van der Waals surface area contributed by atoms with Gasteiger partial charge >= 0.3 is 0 Å². The lowest BCUT2D eigenvalue weighted by Gasteiger charge is -2.44. The number of fused-ring (bicyclic) bond motifs is 1. The molecule has 2 unspecified atom stereocenters. The standard InChI is InChI=1S/C28H27NO2/c1-31-23-17-15-22(16-18-23)29-26(20-9-3-2-4-10-20)19-21-11-5-6-12-24(21)28(29)25-13-7-8-14-27(25)30/h2-6,9-12,15-19,25,28H,7-8,13-14H2,1H3. The maximum Gasteiger partial charge on any atom is 0.138 e. The molecule has 1 heterocycles. The maximum atomic E-state index is 13.2. The molecule has 0 radical (unpaired) electrons. The summed E-state index contributed by atoms with van der Waals surface area (Å²) in [5.41, 5.74) is 5.80. The predicted octanol–water partition coefficient (Wildman–Crippen LogP) is 6.51. The maximum absolute atomic E-state index is 13.2. The summed E-state index contributed by atoms with van der Waals surface area (Å²) in [4.78, 5) is 15.5. The molecule has 1 fully saturated rings. The number of carbonyl (C=O) groups excluding carboxylic acids is 1. The van der Waals surface area contributed by atoms with Crippen molar-refractivity contribution in [3.05, 3.63) is 95.6 Å². The summed E-state index contributed by atoms with van der Waals surface area (Å²) in [6, 6.07) is 27.2. The first kappa shape index (κ1) is 19.6. The van der Waals surface area contributed by atoms with Gasteiger partial charge in [0.25, 0.3) is 0 Å². The molecule has 0 amide bonds. The lowest BCUT2D eigenvalue weighted by molar-refractivity contribution is -0.125. The van der Waals surface area contributed by atoms with Gasteiger partial charge in [-0.2, -0.15) is 0 Å². The van der Waals surface area contributed by atoms with Crippen LogP contribution in [0.3, 0.4) is 0 Å². The van der Waals surface area contributed by atoms with E-state index in [0.29, 0.717) is 12.2 Å². The average Bonchev–Trinajstić information content (AvgIpc) is 2.84. The molecule has 3 aromatic rings. The first-order chi connectivity index (χ1) is 15.3. The minimum absolute atomic E-state index is 0.00980. The third kappa shape index (κ3) is 3.65. The van der Waals surface area contributed by atoms with E-state index in [9.17, 15) is 4.79 Å². The van der Waals surface area contributed by atoms with Gasteiger partial charge in [-0.25, -0.2) is 0 Å². The number of carbonyl (C=O) groups is 1. The normalized spacial score (nSPS) is 20.7. The molecule has 0 N–H and O–H groups in total. The zero-order chi connectivity index (χ0) is 21.2. The number of ketones is 1. The molecule has 2 atom stereocenters. The van der Waals surface area contributed by atoms with E-state index < -0.39 is 0 Å². The molecule has 5 rings (SSSR count). The van der Waals surface area contributed by atoms with E-state index in [-0.39, 0.29) is 12.0 Å². The summed E-state index contributed by atoms with van der Waals surface area (Å²) >= 11 is 0. The number of nitrogens with zero attached hydrogens (tertiary/aromatic N) is 1. The van der Waals surface area contributed by atoms with Crippen LogP contribution in [0.1, 0.15) is 48.4 Å². The van der Waals surface area contributed by atoms with Crippen LogP contribution in [-0.2, 0) is 4.79 Å². The summed E-state index contributed by atoms with van der Waals surface area (Å²) in [6.07, 6.45) is 6.00. The summed E-state index contributed by atoms with van der Waals surface area (Å²) in [7, 11) is 1.69. The first-order valence-electron chi connectivity index (χ1n) is 11.1. The van der Waals surface area contributed by atoms with Crippen molar-refractivity contribution in [1.82, 2.24) is 0 Å². The minimum atomic E-state index is -0.0161. The van der Waals surface area contributed by atoms with Gasteiger partial charge < -0.3 is 9.64 Å². The van der Waals surface area contributed by atoms with Crippen molar-refractivity contribution in [2.75, 3.05) is 12.0 Å². The molecule has 31 heavy (non-hydrogen) atoms. The van der Waals surface area contributed by atoms with Crippen LogP contribution in [-0.4, -0.2) is 12.9 Å². The second-order valence-electron chi connectivity index (χ2n) is 8.36. The molecule has 1 aliphatic heterocycles. The largest absolute Gasteiger partial charge is 0.497 e. The van der Waals surface area contributed by atoms with E-state index in [4.69, 9.17) is 4.74 Å². The van der Waals surface area contributed by atoms with E-state index in [0.717, 1.165) is 42.0 Å². The average molecular weight is 410 g/mol. The Hall–Kier alpha value is -3.33. The number of hydrogen-bond acceptors (Lipinski definition) is 3. The highest BCUT2D eigenvalue weighted by molar-refractivity contribution is 5.95. The molecule has 3 nitrogen and oxygen atoms in total. The van der Waals surface area contributed by atoms with E-state index in [1.807, 2.05) is 18.2 Å². The monoisotopic (exact) mass is 409 g/mol. The van der Waals surface area contributed by atoms with Gasteiger partial charge in [-0.1, -0.05) is 61.0 Å². The lowest BCUT2D eigenvalue weighted by atomic mass is 9.76. The van der Waals surface area contributed by atoms with Crippen LogP contribution < -0.4 is 9.64 Å². The Kier molecular flexibility index (Phi) is 5.33. The SMILES string of the molecule is COc1ccc(N2C(c3ccccc3)=Cc3ccccc3C2C2CCCCC2=O)cc1. The van der Waals surface area contributed by atoms with Crippen molar-refractivity contribution < 1.29 is 9.53 Å². The molecule has 0 bridgehead atoms. The number of hydrogen-bond donors (Lipinski definition) is 0. The molecule has 0 aromatic heterocycles. The van der Waals surface area contributed by atoms with Crippen LogP contribution in [0, 0.1) is 5.92 Å². The van der Waals surface area contributed by atoms with Crippen molar-refractivity contribution in [1.29, 1.82) is 0 Å². The van der Waals surface area contributed by atoms with E-state index in [1.54, 1.807) is 7.11 Å². The van der Waals surface area contributed by atoms with Gasteiger partial charge in [-0.05, 0) is 59.9 Å². The number of rotatable bonds is 4. The summed E-state index contributed by atoms with van der Waals surface area (Å²) < 4.78 is 5.40. The Bertz CT molecular complexity index is 1100. The smallest absolute Gasteiger partial charge is 0.138 e. The van der Waals surface area contributed by atoms with Crippen molar-refractivity contribution in [3.8, 4) is 5.75 Å². The van der Waals surface area contributed by atoms with E-state index in [1.165, 1.54) is 11.1 Å². The first-order valence-corrected chi connectivity index (χ1v) is 11.1. The molecule has 0 spiro atoms. The zero-order valence-electron chi connectivity index (χ0n) is 17.8. The van der Waals surface area contributed by atoms with Gasteiger partial charge in [0, 0.05) is 23.7 Å². The van der Waals surface area contributed by atoms with Crippen molar-refractivity contribution in [2.45, 2.75) is 31.7 Å². The van der Waals surface area contributed by atoms with Gasteiger partial charge in [-0.15, -0.1) is 0 Å². The second-order valence-corrected chi connectivity index (χ2v) is 8.36. The Morgan fingerprint density at radius 1 is 0.871 bits per heavy atom. The van der Waals surface area contributed by atoms with Crippen LogP contribution in [0.2, 0.25) is 0 Å². The Balaban J connectivity index is 1.72. The third-order valence-electron chi connectivity index (χ3n) is 6.55. The molecule has 2 aliphatic rings. The second kappa shape index (κ2) is 8.43. The molecular formula is C28H27NO2. The molecule has 3 heteroatoms. The highest BCUT2D eigenvalue weighted by Gasteiger charge is 2.39. The fourth-order valence-electron chi connectivity index (χ4n) is 5.03.